The van der Waals surface area contributed by atoms with Crippen molar-refractivity contribution in [3.8, 4) is 0 Å². The minimum absolute atomic E-state index is 0.00667. The normalized spacial score (nSPS) is 19.6. The number of piperazine rings is 1. The molecule has 5 rings (SSSR count). The number of piperidine rings is 1. The molecular weight excluding hydrogens is 488 g/mol. The Morgan fingerprint density at radius 3 is 2.30 bits per heavy atom. The molecule has 0 bridgehead atoms. The third-order valence-electron chi connectivity index (χ3n) is 7.30. The van der Waals surface area contributed by atoms with E-state index in [0.717, 1.165) is 23.9 Å². The summed E-state index contributed by atoms with van der Waals surface area (Å²) in [5.41, 5.74) is 1.18. The van der Waals surface area contributed by atoms with E-state index in [4.69, 9.17) is 0 Å². The Hall–Kier alpha value is -3.27. The Labute approximate surface area is 217 Å². The maximum Gasteiger partial charge on any atom is 0.253 e. The SMILES string of the molecule is CN1CCN(C(=O)c2ccc(NC(=O)[C@@H]3CCCN(S(=O)(=O)c4ccc5ccccc5c4)C3)cc2)CC1. The molecule has 2 amide bonds. The molecule has 2 fully saturated rings. The Morgan fingerprint density at radius 2 is 1.57 bits per heavy atom. The van der Waals surface area contributed by atoms with Crippen LogP contribution in [0.5, 0.6) is 0 Å². The van der Waals surface area contributed by atoms with Crippen LogP contribution >= 0.6 is 0 Å². The van der Waals surface area contributed by atoms with Gasteiger partial charge in [-0.15, -0.1) is 0 Å². The standard InChI is InChI=1S/C28H32N4O4S/c1-30-15-17-31(18-16-30)28(34)22-8-11-25(12-9-22)29-27(33)24-7-4-14-32(20-24)37(35,36)26-13-10-21-5-2-3-6-23(21)19-26/h2-3,5-6,8-13,19,24H,4,7,14-18,20H2,1H3,(H,29,33)/t24-/m1/s1. The van der Waals surface area contributed by atoms with Crippen LogP contribution in [-0.4, -0.2) is 80.7 Å². The molecule has 3 aromatic rings. The molecule has 2 saturated heterocycles. The van der Waals surface area contributed by atoms with Gasteiger partial charge in [-0.3, -0.25) is 9.59 Å². The summed E-state index contributed by atoms with van der Waals surface area (Å²) < 4.78 is 28.1. The number of hydrogen-bond acceptors (Lipinski definition) is 5. The van der Waals surface area contributed by atoms with Crippen LogP contribution in [0.1, 0.15) is 23.2 Å². The third-order valence-corrected chi connectivity index (χ3v) is 9.16. The van der Waals surface area contributed by atoms with Crippen LogP contribution in [0.2, 0.25) is 0 Å². The van der Waals surface area contributed by atoms with Crippen molar-refractivity contribution < 1.29 is 18.0 Å². The van der Waals surface area contributed by atoms with Gasteiger partial charge in [0.1, 0.15) is 0 Å². The van der Waals surface area contributed by atoms with Crippen molar-refractivity contribution in [1.82, 2.24) is 14.1 Å². The van der Waals surface area contributed by atoms with Gasteiger partial charge in [0.25, 0.3) is 5.91 Å². The van der Waals surface area contributed by atoms with E-state index < -0.39 is 15.9 Å². The highest BCUT2D eigenvalue weighted by Crippen LogP contribution is 2.27. The minimum atomic E-state index is -3.71. The van der Waals surface area contributed by atoms with Crippen molar-refractivity contribution in [2.24, 2.45) is 5.92 Å². The van der Waals surface area contributed by atoms with Crippen LogP contribution in [-0.2, 0) is 14.8 Å². The summed E-state index contributed by atoms with van der Waals surface area (Å²) in [4.78, 5) is 30.1. The molecule has 8 nitrogen and oxygen atoms in total. The van der Waals surface area contributed by atoms with Gasteiger partial charge >= 0.3 is 0 Å². The van der Waals surface area contributed by atoms with Crippen LogP contribution in [0.25, 0.3) is 10.8 Å². The first-order valence-electron chi connectivity index (χ1n) is 12.7. The highest BCUT2D eigenvalue weighted by molar-refractivity contribution is 7.89. The van der Waals surface area contributed by atoms with E-state index in [1.165, 1.54) is 4.31 Å². The van der Waals surface area contributed by atoms with Crippen LogP contribution in [0.4, 0.5) is 5.69 Å². The summed E-state index contributed by atoms with van der Waals surface area (Å²) in [5.74, 6) is -0.667. The fourth-order valence-corrected chi connectivity index (χ4v) is 6.54. The number of likely N-dealkylation sites (N-methyl/N-ethyl adjacent to an activating group) is 1. The highest BCUT2D eigenvalue weighted by Gasteiger charge is 2.33. The average molecular weight is 521 g/mol. The van der Waals surface area contributed by atoms with Crippen molar-refractivity contribution in [3.05, 3.63) is 72.3 Å². The largest absolute Gasteiger partial charge is 0.336 e. The molecule has 0 saturated carbocycles. The van der Waals surface area contributed by atoms with Gasteiger partial charge in [-0.05, 0) is 67.1 Å². The second-order valence-electron chi connectivity index (χ2n) is 9.87. The number of amides is 2. The van der Waals surface area contributed by atoms with Crippen molar-refractivity contribution in [2.45, 2.75) is 17.7 Å². The number of carbonyl (C=O) groups excluding carboxylic acids is 2. The Morgan fingerprint density at radius 1 is 0.865 bits per heavy atom. The zero-order chi connectivity index (χ0) is 26.0. The van der Waals surface area contributed by atoms with Crippen LogP contribution in [0, 0.1) is 5.92 Å². The predicted octanol–water partition coefficient (Wildman–Crippen LogP) is 3.27. The van der Waals surface area contributed by atoms with Crippen molar-refractivity contribution in [3.63, 3.8) is 0 Å². The number of rotatable bonds is 5. The number of carbonyl (C=O) groups is 2. The number of benzene rings is 3. The summed E-state index contributed by atoms with van der Waals surface area (Å²) in [6.07, 6.45) is 1.24. The van der Waals surface area contributed by atoms with E-state index in [-0.39, 0.29) is 23.3 Å². The molecular formula is C28H32N4O4S. The van der Waals surface area contributed by atoms with Gasteiger partial charge in [0.15, 0.2) is 0 Å². The maximum atomic E-state index is 13.4. The molecule has 9 heteroatoms. The minimum Gasteiger partial charge on any atom is -0.336 e. The van der Waals surface area contributed by atoms with E-state index in [1.807, 2.05) is 42.3 Å². The molecule has 1 atom stereocenters. The molecule has 2 aliphatic heterocycles. The number of anilines is 1. The number of hydrogen-bond donors (Lipinski definition) is 1. The zero-order valence-electron chi connectivity index (χ0n) is 21.0. The summed E-state index contributed by atoms with van der Waals surface area (Å²) in [5, 5.41) is 4.75. The molecule has 0 aromatic heterocycles. The van der Waals surface area contributed by atoms with Gasteiger partial charge < -0.3 is 15.1 Å². The molecule has 37 heavy (non-hydrogen) atoms. The second-order valence-corrected chi connectivity index (χ2v) is 11.8. The second kappa shape index (κ2) is 10.6. The molecule has 0 radical (unpaired) electrons. The summed E-state index contributed by atoms with van der Waals surface area (Å²) in [6.45, 7) is 3.65. The molecule has 0 aliphatic carbocycles. The number of nitrogens with zero attached hydrogens (tertiary/aromatic N) is 3. The molecule has 2 aliphatic rings. The Balaban J connectivity index is 1.22. The Kier molecular flexibility index (Phi) is 7.28. The Bertz CT molecular complexity index is 1400. The molecule has 0 spiro atoms. The molecule has 194 valence electrons. The van der Waals surface area contributed by atoms with Gasteiger partial charge in [0, 0.05) is 50.5 Å². The number of nitrogens with one attached hydrogen (secondary N) is 1. The fourth-order valence-electron chi connectivity index (χ4n) is 4.98. The molecule has 2 heterocycles. The van der Waals surface area contributed by atoms with Gasteiger partial charge in [-0.2, -0.15) is 4.31 Å². The third kappa shape index (κ3) is 5.53. The highest BCUT2D eigenvalue weighted by atomic mass is 32.2. The zero-order valence-corrected chi connectivity index (χ0v) is 21.8. The van der Waals surface area contributed by atoms with E-state index in [1.54, 1.807) is 36.4 Å². The van der Waals surface area contributed by atoms with Crippen LogP contribution in [0.15, 0.2) is 71.6 Å². The first kappa shape index (κ1) is 25.4. The van der Waals surface area contributed by atoms with Crippen molar-refractivity contribution >= 4 is 38.3 Å². The quantitative estimate of drug-likeness (QED) is 0.558. The molecule has 0 unspecified atom stereocenters. The van der Waals surface area contributed by atoms with Gasteiger partial charge in [-0.25, -0.2) is 8.42 Å². The van der Waals surface area contributed by atoms with Crippen LogP contribution < -0.4 is 5.32 Å². The van der Waals surface area contributed by atoms with E-state index >= 15 is 0 Å². The number of sulfonamides is 1. The first-order chi connectivity index (χ1) is 17.8. The van der Waals surface area contributed by atoms with Crippen molar-refractivity contribution in [2.75, 3.05) is 51.6 Å². The average Bonchev–Trinajstić information content (AvgIpc) is 2.93. The monoisotopic (exact) mass is 520 g/mol. The fraction of sp³-hybridized carbons (Fsp3) is 0.357. The lowest BCUT2D eigenvalue weighted by atomic mass is 9.98. The first-order valence-corrected chi connectivity index (χ1v) is 14.1. The van der Waals surface area contributed by atoms with Gasteiger partial charge in [0.05, 0.1) is 10.8 Å². The number of fused-ring (bicyclic) bond motifs is 1. The molecule has 3 aromatic carbocycles. The lowest BCUT2D eigenvalue weighted by Gasteiger charge is -2.32. The maximum absolute atomic E-state index is 13.4. The van der Waals surface area contributed by atoms with E-state index in [9.17, 15) is 18.0 Å². The smallest absolute Gasteiger partial charge is 0.253 e. The van der Waals surface area contributed by atoms with Crippen LogP contribution in [0.3, 0.4) is 0 Å². The molecule has 1 N–H and O–H groups in total. The summed E-state index contributed by atoms with van der Waals surface area (Å²) in [7, 11) is -1.67. The topological polar surface area (TPSA) is 90.0 Å². The van der Waals surface area contributed by atoms with Gasteiger partial charge in [-0.1, -0.05) is 30.3 Å². The summed E-state index contributed by atoms with van der Waals surface area (Å²) in [6, 6.07) is 19.7. The van der Waals surface area contributed by atoms with E-state index in [0.29, 0.717) is 43.7 Å². The van der Waals surface area contributed by atoms with Gasteiger partial charge in [0.2, 0.25) is 15.9 Å². The van der Waals surface area contributed by atoms with E-state index in [2.05, 4.69) is 10.2 Å². The summed E-state index contributed by atoms with van der Waals surface area (Å²) >= 11 is 0. The van der Waals surface area contributed by atoms with Crippen molar-refractivity contribution in [1.29, 1.82) is 0 Å². The lowest BCUT2D eigenvalue weighted by molar-refractivity contribution is -0.120. The lowest BCUT2D eigenvalue weighted by Crippen LogP contribution is -2.47. The predicted molar refractivity (Wildman–Crippen MR) is 144 cm³/mol.